The Morgan fingerprint density at radius 3 is 1.22 bits per heavy atom. The van der Waals surface area contributed by atoms with E-state index >= 15 is 0 Å². The molecule has 305 valence electrons. The molecule has 2 aliphatic rings. The van der Waals surface area contributed by atoms with Gasteiger partial charge in [-0.25, -0.2) is 9.97 Å². The van der Waals surface area contributed by atoms with Gasteiger partial charge in [0.1, 0.15) is 0 Å². The summed E-state index contributed by atoms with van der Waals surface area (Å²) in [6.07, 6.45) is 8.67. The molecule has 2 aliphatic heterocycles. The molecule has 6 aromatic rings. The number of nitrogens with zero attached hydrogens (tertiary/aromatic N) is 2. The number of aromatic amines is 2. The summed E-state index contributed by atoms with van der Waals surface area (Å²) in [6.45, 7) is 27.5. The Morgan fingerprint density at radius 1 is 0.373 bits per heavy atom. The molecule has 0 amide bonds. The number of fused-ring (bicyclic) bond motifs is 8. The molecule has 5 heterocycles. The number of nitrogens with one attached hydrogen (secondary N) is 2. The van der Waals surface area contributed by atoms with Crippen molar-refractivity contribution in [3.63, 3.8) is 0 Å². The van der Waals surface area contributed by atoms with Crippen molar-refractivity contribution in [2.75, 3.05) is 0 Å². The molecule has 0 atom stereocenters. The molecule has 0 saturated heterocycles. The van der Waals surface area contributed by atoms with Gasteiger partial charge in [0.15, 0.2) is 0 Å². The smallest absolute Gasteiger partial charge is 0.0737 e. The van der Waals surface area contributed by atoms with E-state index in [-0.39, 0.29) is 38.7 Å². The monoisotopic (exact) mass is 825 g/mol. The van der Waals surface area contributed by atoms with E-state index in [1.807, 2.05) is 0 Å². The molecule has 59 heavy (non-hydrogen) atoms. The van der Waals surface area contributed by atoms with Crippen molar-refractivity contribution in [1.29, 1.82) is 0 Å². The molecule has 0 aliphatic carbocycles. The molecule has 0 fully saturated rings. The Morgan fingerprint density at radius 2 is 0.763 bits per heavy atom. The molecule has 3 aromatic carbocycles. The summed E-state index contributed by atoms with van der Waals surface area (Å²) >= 11 is 0. The number of aromatic nitrogens is 4. The third-order valence-corrected chi connectivity index (χ3v) is 11.5. The fraction of sp³-hybridized carbons (Fsp3) is 0.296. The van der Waals surface area contributed by atoms with Crippen LogP contribution in [-0.4, -0.2) is 19.9 Å². The van der Waals surface area contributed by atoms with Gasteiger partial charge in [-0.1, -0.05) is 150 Å². The molecular formula is C54H58CuN4. The summed E-state index contributed by atoms with van der Waals surface area (Å²) in [4.78, 5) is 18.6. The Bertz CT molecular complexity index is 2660. The van der Waals surface area contributed by atoms with Gasteiger partial charge in [-0.05, 0) is 115 Å². The first kappa shape index (κ1) is 41.9. The summed E-state index contributed by atoms with van der Waals surface area (Å²) in [5.74, 6) is 0. The molecule has 5 heteroatoms. The topological polar surface area (TPSA) is 57.4 Å². The molecule has 3 aromatic heterocycles. The van der Waals surface area contributed by atoms with Crippen molar-refractivity contribution in [3.8, 4) is 33.4 Å². The van der Waals surface area contributed by atoms with E-state index in [1.54, 1.807) is 0 Å². The summed E-state index contributed by atoms with van der Waals surface area (Å²) in [5, 5.41) is 0. The maximum Gasteiger partial charge on any atom is 0.0737 e. The van der Waals surface area contributed by atoms with Crippen molar-refractivity contribution < 1.29 is 17.1 Å². The van der Waals surface area contributed by atoms with Crippen LogP contribution in [0.5, 0.6) is 0 Å². The number of hydrogen-bond acceptors (Lipinski definition) is 2. The van der Waals surface area contributed by atoms with Gasteiger partial charge in [-0.3, -0.25) is 0 Å². The molecule has 0 spiro atoms. The van der Waals surface area contributed by atoms with E-state index in [0.29, 0.717) is 0 Å². The minimum Gasteiger partial charge on any atom is -0.355 e. The number of hydrogen-bond donors (Lipinski definition) is 2. The minimum absolute atomic E-state index is 0. The summed E-state index contributed by atoms with van der Waals surface area (Å²) in [7, 11) is 0. The van der Waals surface area contributed by atoms with Gasteiger partial charge in [-0.15, -0.1) is 0 Å². The van der Waals surface area contributed by atoms with Gasteiger partial charge in [0.05, 0.1) is 22.8 Å². The Labute approximate surface area is 361 Å². The maximum atomic E-state index is 5.53. The molecule has 0 unspecified atom stereocenters. The minimum atomic E-state index is -0.0346. The van der Waals surface area contributed by atoms with Gasteiger partial charge in [-0.2, -0.15) is 0 Å². The van der Waals surface area contributed by atoms with Crippen molar-refractivity contribution in [2.45, 2.75) is 105 Å². The first-order valence-electron chi connectivity index (χ1n) is 20.7. The van der Waals surface area contributed by atoms with Crippen LogP contribution in [0.3, 0.4) is 0 Å². The van der Waals surface area contributed by atoms with Crippen LogP contribution in [0, 0.1) is 0 Å². The van der Waals surface area contributed by atoms with Crippen LogP contribution in [-0.2, 0) is 38.7 Å². The third-order valence-electron chi connectivity index (χ3n) is 11.5. The Hall–Kier alpha value is -5.22. The van der Waals surface area contributed by atoms with Crippen molar-refractivity contribution >= 4 is 46.4 Å². The second-order valence-electron chi connectivity index (χ2n) is 20.3. The molecule has 2 N–H and O–H groups in total. The quantitative estimate of drug-likeness (QED) is 0.174. The second kappa shape index (κ2) is 15.1. The predicted molar refractivity (Wildman–Crippen MR) is 250 cm³/mol. The standard InChI is InChI=1S/C54H58N4.Cu/c1-51(2,3)36-26-34(27-37(30-36)52(4,5)6)49-42-20-18-40(55-42)32-41-19-21-43(56-41)50(35-28-38(53(7,8)9)31-39(29-35)54(10,11)12)47-25-23-45(58-47)48(33-16-14-13-15-17-33)44-22-24-46(49)57-44;/h13-32,55,58H,1-12H3;. The van der Waals surface area contributed by atoms with Crippen LogP contribution in [0.25, 0.3) is 79.8 Å². The van der Waals surface area contributed by atoms with Gasteiger partial charge in [0.2, 0.25) is 0 Å². The Kier molecular flexibility index (Phi) is 10.7. The van der Waals surface area contributed by atoms with E-state index in [9.17, 15) is 0 Å². The zero-order valence-electron chi connectivity index (χ0n) is 36.7. The van der Waals surface area contributed by atoms with Crippen LogP contribution < -0.4 is 0 Å². The number of benzene rings is 3. The van der Waals surface area contributed by atoms with E-state index < -0.39 is 0 Å². The maximum absolute atomic E-state index is 5.53. The average Bonchev–Trinajstić information content (AvgIpc) is 3.98. The van der Waals surface area contributed by atoms with Gasteiger partial charge in [0.25, 0.3) is 0 Å². The summed E-state index contributed by atoms with van der Waals surface area (Å²) < 4.78 is 0. The zero-order valence-corrected chi connectivity index (χ0v) is 37.7. The molecule has 1 radical (unpaired) electrons. The zero-order chi connectivity index (χ0) is 41.4. The number of rotatable bonds is 3. The van der Waals surface area contributed by atoms with Crippen LogP contribution in [0.1, 0.15) is 128 Å². The largest absolute Gasteiger partial charge is 0.355 e. The van der Waals surface area contributed by atoms with E-state index in [2.05, 4.69) is 214 Å². The molecule has 4 nitrogen and oxygen atoms in total. The van der Waals surface area contributed by atoms with Crippen molar-refractivity contribution in [3.05, 3.63) is 142 Å². The normalized spacial score (nSPS) is 13.2. The SMILES string of the molecule is CC(C)(C)c1cc(-c2c3nc(c(-c4ccccc4)c4ccc([nH]4)c(-c4cc(C(C)(C)C)cc(C(C)(C)C)c4)c4nc(cc5ccc2[nH]5)C=C4)C=C3)cc(C(C)(C)C)c1.[Cu]. The van der Waals surface area contributed by atoms with Gasteiger partial charge < -0.3 is 9.97 Å². The van der Waals surface area contributed by atoms with Gasteiger partial charge in [0, 0.05) is 55.8 Å². The predicted octanol–water partition coefficient (Wildman–Crippen LogP) is 14.8. The third kappa shape index (κ3) is 8.47. The van der Waals surface area contributed by atoms with Gasteiger partial charge >= 0.3 is 0 Å². The first-order valence-corrected chi connectivity index (χ1v) is 20.7. The molecule has 8 bridgehead atoms. The summed E-state index contributed by atoms with van der Waals surface area (Å²) in [5.41, 5.74) is 19.4. The van der Waals surface area contributed by atoms with Crippen LogP contribution >= 0.6 is 0 Å². The van der Waals surface area contributed by atoms with E-state index in [4.69, 9.17) is 9.97 Å². The first-order chi connectivity index (χ1) is 27.2. The summed E-state index contributed by atoms with van der Waals surface area (Å²) in [6, 6.07) is 35.8. The van der Waals surface area contributed by atoms with Crippen LogP contribution in [0.4, 0.5) is 0 Å². The Balaban J connectivity index is 0.00000528. The van der Waals surface area contributed by atoms with E-state index in [0.717, 1.165) is 78.2 Å². The van der Waals surface area contributed by atoms with E-state index in [1.165, 1.54) is 22.3 Å². The average molecular weight is 827 g/mol. The van der Waals surface area contributed by atoms with Crippen LogP contribution in [0.15, 0.2) is 97.1 Å². The van der Waals surface area contributed by atoms with Crippen molar-refractivity contribution in [2.24, 2.45) is 0 Å². The number of H-pyrrole nitrogens is 2. The molecule has 8 rings (SSSR count). The fourth-order valence-corrected chi connectivity index (χ4v) is 7.93. The molecule has 0 saturated carbocycles. The van der Waals surface area contributed by atoms with Crippen molar-refractivity contribution in [1.82, 2.24) is 19.9 Å². The molecular weight excluding hydrogens is 768 g/mol. The van der Waals surface area contributed by atoms with Crippen LogP contribution in [0.2, 0.25) is 0 Å². The fourth-order valence-electron chi connectivity index (χ4n) is 7.93. The second-order valence-corrected chi connectivity index (χ2v) is 20.3.